The number of aromatic nitrogens is 2. The van der Waals surface area contributed by atoms with Gasteiger partial charge in [0.2, 0.25) is 5.91 Å². The van der Waals surface area contributed by atoms with Gasteiger partial charge in [-0.05, 0) is 29.3 Å². The van der Waals surface area contributed by atoms with Crippen LogP contribution >= 0.6 is 0 Å². The van der Waals surface area contributed by atoms with Gasteiger partial charge in [-0.25, -0.2) is 10.4 Å². The first-order chi connectivity index (χ1) is 21.2. The van der Waals surface area contributed by atoms with Crippen molar-refractivity contribution in [2.75, 3.05) is 44.2 Å². The van der Waals surface area contributed by atoms with Crippen LogP contribution in [0.5, 0.6) is 5.75 Å². The Kier molecular flexibility index (Phi) is 8.07. The van der Waals surface area contributed by atoms with E-state index in [2.05, 4.69) is 20.8 Å². The van der Waals surface area contributed by atoms with Gasteiger partial charge in [0.05, 0.1) is 11.6 Å². The topological polar surface area (TPSA) is 127 Å². The Morgan fingerprint density at radius 2 is 1.89 bits per heavy atom. The lowest BCUT2D eigenvalue weighted by Crippen LogP contribution is -2.64. The number of alkyl halides is 3. The number of carbonyl (C=O) groups is 2. The molecule has 2 fully saturated rings. The van der Waals surface area contributed by atoms with Gasteiger partial charge in [-0.1, -0.05) is 24.3 Å². The summed E-state index contributed by atoms with van der Waals surface area (Å²) < 4.78 is 48.1. The third-order valence-corrected chi connectivity index (χ3v) is 8.26. The van der Waals surface area contributed by atoms with Crippen LogP contribution < -0.4 is 20.5 Å². The molecule has 11 nitrogen and oxygen atoms in total. The molecule has 228 valence electrons. The maximum absolute atomic E-state index is 14.0. The molecule has 3 aliphatic rings. The second-order valence-electron chi connectivity index (χ2n) is 10.8. The Morgan fingerprint density at radius 1 is 1.09 bits per heavy atom. The Hall–Kier alpha value is -4.74. The number of nitrogens with one attached hydrogen (secondary N) is 2. The molecule has 2 N–H and O–H groups in total. The minimum atomic E-state index is -4.72. The number of nitriles is 1. The van der Waals surface area contributed by atoms with E-state index in [1.807, 2.05) is 35.2 Å². The van der Waals surface area contributed by atoms with Crippen molar-refractivity contribution < 1.29 is 27.5 Å². The highest BCUT2D eigenvalue weighted by molar-refractivity contribution is 5.92. The van der Waals surface area contributed by atoms with Gasteiger partial charge in [0.1, 0.15) is 29.9 Å². The minimum absolute atomic E-state index is 0.00756. The van der Waals surface area contributed by atoms with Gasteiger partial charge in [0.15, 0.2) is 5.92 Å². The normalized spacial score (nSPS) is 22.2. The van der Waals surface area contributed by atoms with E-state index in [4.69, 9.17) is 10.00 Å². The molecule has 3 aliphatic heterocycles. The van der Waals surface area contributed by atoms with Gasteiger partial charge < -0.3 is 14.5 Å². The van der Waals surface area contributed by atoms with Crippen molar-refractivity contribution in [2.45, 2.75) is 24.8 Å². The highest BCUT2D eigenvalue weighted by atomic mass is 19.4. The van der Waals surface area contributed by atoms with Gasteiger partial charge in [-0.3, -0.25) is 24.9 Å². The molecular weight excluding hydrogens is 577 g/mol. The molecule has 3 aromatic rings. The molecular formula is C30H29F3N8O3. The highest BCUT2D eigenvalue weighted by Gasteiger charge is 2.55. The Morgan fingerprint density at radius 3 is 2.61 bits per heavy atom. The SMILES string of the molecule is N#Cc1ccc(N2CCN(C(=O)c3cc(OC[C@H]4c5ccccc5CN4C4CNNC(=O)C4C(F)(F)F)ccn3)CC2)nc1. The molecule has 6 rings (SSSR count). The van der Waals surface area contributed by atoms with E-state index in [9.17, 15) is 22.8 Å². The standard InChI is InChI=1S/C30H29F3N8O3/c31-30(32,33)27-24(16-37-38-28(27)42)41-17-20-3-1-2-4-22(20)25(41)18-44-21-7-8-35-23(13-21)29(43)40-11-9-39(10-12-40)26-6-5-19(14-34)15-36-26/h1-8,13,15,24-25,27,37H,9-12,16-18H2,(H,38,42)/t24?,25-,27?/m0/s1. The molecule has 1 aromatic carbocycles. The van der Waals surface area contributed by atoms with Crippen LogP contribution in [0, 0.1) is 17.2 Å². The van der Waals surface area contributed by atoms with Crippen molar-refractivity contribution in [3.63, 3.8) is 0 Å². The van der Waals surface area contributed by atoms with Crippen molar-refractivity contribution >= 4 is 17.6 Å². The van der Waals surface area contributed by atoms with Crippen LogP contribution in [0.2, 0.25) is 0 Å². The maximum atomic E-state index is 14.0. The molecule has 0 bridgehead atoms. The van der Waals surface area contributed by atoms with Gasteiger partial charge in [-0.2, -0.15) is 18.4 Å². The predicted molar refractivity (Wildman–Crippen MR) is 151 cm³/mol. The molecule has 0 spiro atoms. The van der Waals surface area contributed by atoms with Gasteiger partial charge in [0, 0.05) is 63.8 Å². The number of amides is 2. The summed E-state index contributed by atoms with van der Waals surface area (Å²) in [5.41, 5.74) is 7.09. The van der Waals surface area contributed by atoms with Gasteiger partial charge >= 0.3 is 6.18 Å². The van der Waals surface area contributed by atoms with Crippen LogP contribution in [0.25, 0.3) is 0 Å². The number of fused-ring (bicyclic) bond motifs is 1. The average molecular weight is 607 g/mol. The number of piperazine rings is 1. The third-order valence-electron chi connectivity index (χ3n) is 8.26. The first-order valence-corrected chi connectivity index (χ1v) is 14.1. The summed E-state index contributed by atoms with van der Waals surface area (Å²) in [4.78, 5) is 39.6. The molecule has 2 amide bonds. The molecule has 2 saturated heterocycles. The van der Waals surface area contributed by atoms with Crippen LogP contribution in [0.4, 0.5) is 19.0 Å². The molecule has 3 atom stereocenters. The average Bonchev–Trinajstić information content (AvgIpc) is 3.41. The number of halogens is 3. The fourth-order valence-electron chi connectivity index (χ4n) is 6.04. The van der Waals surface area contributed by atoms with Crippen molar-refractivity contribution in [3.05, 3.63) is 83.3 Å². The Bertz CT molecular complexity index is 1570. The number of hydrazine groups is 1. The number of ether oxygens (including phenoxy) is 1. The first kappa shape index (κ1) is 29.3. The van der Waals surface area contributed by atoms with E-state index in [0.717, 1.165) is 16.9 Å². The number of nitrogens with zero attached hydrogens (tertiary/aromatic N) is 6. The zero-order valence-electron chi connectivity index (χ0n) is 23.5. The molecule has 14 heteroatoms. The second kappa shape index (κ2) is 12.1. The number of pyridine rings is 2. The van der Waals surface area contributed by atoms with E-state index < -0.39 is 30.1 Å². The summed E-state index contributed by atoms with van der Waals surface area (Å²) in [5, 5.41) is 8.98. The van der Waals surface area contributed by atoms with Gasteiger partial charge in [0.25, 0.3) is 5.91 Å². The van der Waals surface area contributed by atoms with E-state index in [-0.39, 0.29) is 31.3 Å². The molecule has 0 aliphatic carbocycles. The molecule has 2 aromatic heterocycles. The van der Waals surface area contributed by atoms with Crippen molar-refractivity contribution in [3.8, 4) is 11.8 Å². The fourth-order valence-corrected chi connectivity index (χ4v) is 6.04. The summed E-state index contributed by atoms with van der Waals surface area (Å²) in [6, 6.07) is 14.4. The smallest absolute Gasteiger partial charge is 0.402 e. The fraction of sp³-hybridized carbons (Fsp3) is 0.367. The van der Waals surface area contributed by atoms with Crippen molar-refractivity contribution in [2.24, 2.45) is 5.92 Å². The van der Waals surface area contributed by atoms with E-state index in [0.29, 0.717) is 37.5 Å². The largest absolute Gasteiger partial charge is 0.491 e. The number of benzene rings is 1. The van der Waals surface area contributed by atoms with E-state index >= 15 is 0 Å². The number of anilines is 1. The zero-order chi connectivity index (χ0) is 30.8. The van der Waals surface area contributed by atoms with Crippen LogP contribution in [-0.4, -0.2) is 83.1 Å². The Balaban J connectivity index is 1.13. The lowest BCUT2D eigenvalue weighted by atomic mass is 9.94. The highest BCUT2D eigenvalue weighted by Crippen LogP contribution is 2.41. The summed E-state index contributed by atoms with van der Waals surface area (Å²) in [6.07, 6.45) is -1.74. The lowest BCUT2D eigenvalue weighted by Gasteiger charge is -2.40. The summed E-state index contributed by atoms with van der Waals surface area (Å²) in [5.74, 6) is -2.48. The first-order valence-electron chi connectivity index (χ1n) is 14.1. The lowest BCUT2D eigenvalue weighted by molar-refractivity contribution is -0.202. The molecule has 0 radical (unpaired) electrons. The molecule has 44 heavy (non-hydrogen) atoms. The third kappa shape index (κ3) is 5.88. The van der Waals surface area contributed by atoms with Crippen LogP contribution in [0.3, 0.4) is 0 Å². The minimum Gasteiger partial charge on any atom is -0.491 e. The summed E-state index contributed by atoms with van der Waals surface area (Å²) >= 11 is 0. The van der Waals surface area contributed by atoms with Crippen molar-refractivity contribution in [1.29, 1.82) is 5.26 Å². The summed E-state index contributed by atoms with van der Waals surface area (Å²) in [7, 11) is 0. The van der Waals surface area contributed by atoms with E-state index in [1.54, 1.807) is 28.0 Å². The number of rotatable bonds is 6. The molecule has 5 heterocycles. The van der Waals surface area contributed by atoms with Gasteiger partial charge in [-0.15, -0.1) is 0 Å². The van der Waals surface area contributed by atoms with Crippen LogP contribution in [0.15, 0.2) is 60.9 Å². The van der Waals surface area contributed by atoms with E-state index in [1.165, 1.54) is 18.5 Å². The predicted octanol–water partition coefficient (Wildman–Crippen LogP) is 2.43. The number of hydrogen-bond acceptors (Lipinski definition) is 9. The van der Waals surface area contributed by atoms with Crippen LogP contribution in [-0.2, 0) is 11.3 Å². The quantitative estimate of drug-likeness (QED) is 0.435. The molecule has 0 saturated carbocycles. The number of hydrogen-bond donors (Lipinski definition) is 2. The molecule has 2 unspecified atom stereocenters. The Labute approximate surface area is 251 Å². The summed E-state index contributed by atoms with van der Waals surface area (Å²) in [6.45, 7) is 2.18. The van der Waals surface area contributed by atoms with Crippen LogP contribution in [0.1, 0.15) is 33.2 Å². The van der Waals surface area contributed by atoms with Crippen molar-refractivity contribution in [1.82, 2.24) is 30.6 Å². The zero-order valence-corrected chi connectivity index (χ0v) is 23.5. The monoisotopic (exact) mass is 606 g/mol. The second-order valence-corrected chi connectivity index (χ2v) is 10.8. The maximum Gasteiger partial charge on any atom is 0.402 e. The number of carbonyl (C=O) groups excluding carboxylic acids is 2.